The van der Waals surface area contributed by atoms with E-state index < -0.39 is 0 Å². The SMILES string of the molecule is CCCC1CC[C@@]2(C)[C@@H]1CC[C@]1(C)[C@@H]2CC[C@@H]2[C@@]3(C)CCCC(C)(C)[C@@H]3CC[C@]21C. The normalized spacial score (nSPS) is 57.1. The van der Waals surface area contributed by atoms with Gasteiger partial charge in [0.1, 0.15) is 0 Å². The van der Waals surface area contributed by atoms with Crippen molar-refractivity contribution >= 4 is 0 Å². The standard InChI is InChI=1S/C30H52/c1-8-10-21-13-18-27(4)22(21)14-19-29(6)24(27)11-12-25-28(5)17-9-16-26(2,3)23(28)15-20-30(25,29)7/h21-25H,8-20H2,1-7H3/t21?,22-,23+,24-,25-,27+,28+,29-,30-/m1/s1. The van der Waals surface area contributed by atoms with E-state index in [0.29, 0.717) is 27.1 Å². The van der Waals surface area contributed by atoms with Crippen LogP contribution in [0, 0.1) is 56.7 Å². The maximum atomic E-state index is 2.82. The molecule has 0 aliphatic heterocycles. The van der Waals surface area contributed by atoms with Crippen LogP contribution in [-0.4, -0.2) is 0 Å². The third-order valence-corrected chi connectivity index (χ3v) is 13.5. The Balaban J connectivity index is 1.50. The van der Waals surface area contributed by atoms with Crippen molar-refractivity contribution in [3.63, 3.8) is 0 Å². The largest absolute Gasteiger partial charge is 0.0654 e. The zero-order valence-electron chi connectivity index (χ0n) is 21.6. The molecule has 0 amide bonds. The maximum Gasteiger partial charge on any atom is -0.0235 e. The summed E-state index contributed by atoms with van der Waals surface area (Å²) in [6.07, 6.45) is 19.6. The summed E-state index contributed by atoms with van der Waals surface area (Å²) in [6.45, 7) is 18.8. The van der Waals surface area contributed by atoms with Crippen LogP contribution >= 0.6 is 0 Å². The van der Waals surface area contributed by atoms with E-state index in [1.807, 2.05) is 0 Å². The van der Waals surface area contributed by atoms with Crippen LogP contribution in [0.1, 0.15) is 132 Å². The fourth-order valence-electron chi connectivity index (χ4n) is 12.1. The molecule has 0 N–H and O–H groups in total. The van der Waals surface area contributed by atoms with Gasteiger partial charge in [0.15, 0.2) is 0 Å². The second-order valence-electron chi connectivity index (χ2n) is 14.7. The summed E-state index contributed by atoms with van der Waals surface area (Å²) in [5, 5.41) is 0. The average Bonchev–Trinajstić information content (AvgIpc) is 2.98. The second kappa shape index (κ2) is 6.76. The first-order valence-electron chi connectivity index (χ1n) is 14.0. The van der Waals surface area contributed by atoms with Crippen LogP contribution in [0.2, 0.25) is 0 Å². The first kappa shape index (κ1) is 21.8. The summed E-state index contributed by atoms with van der Waals surface area (Å²) in [4.78, 5) is 0. The third-order valence-electron chi connectivity index (χ3n) is 13.5. The Hall–Kier alpha value is 0. The molecule has 0 spiro atoms. The van der Waals surface area contributed by atoms with Gasteiger partial charge in [-0.25, -0.2) is 0 Å². The summed E-state index contributed by atoms with van der Waals surface area (Å²) in [6, 6.07) is 0. The second-order valence-corrected chi connectivity index (χ2v) is 14.7. The Labute approximate surface area is 188 Å². The number of fused-ring (bicyclic) bond motifs is 7. The zero-order valence-corrected chi connectivity index (χ0v) is 21.6. The summed E-state index contributed by atoms with van der Waals surface area (Å²) < 4.78 is 0. The molecule has 5 rings (SSSR count). The summed E-state index contributed by atoms with van der Waals surface area (Å²) in [5.74, 6) is 5.00. The van der Waals surface area contributed by atoms with Crippen molar-refractivity contribution in [2.45, 2.75) is 132 Å². The molecule has 5 aliphatic carbocycles. The Kier molecular flexibility index (Phi) is 4.92. The molecule has 1 unspecified atom stereocenters. The highest BCUT2D eigenvalue weighted by atomic mass is 14.7. The molecule has 30 heavy (non-hydrogen) atoms. The van der Waals surface area contributed by atoms with Gasteiger partial charge in [-0.05, 0) is 121 Å². The number of hydrogen-bond acceptors (Lipinski definition) is 0. The van der Waals surface area contributed by atoms with Gasteiger partial charge < -0.3 is 0 Å². The quantitative estimate of drug-likeness (QED) is 0.424. The van der Waals surface area contributed by atoms with Crippen molar-refractivity contribution in [1.82, 2.24) is 0 Å². The van der Waals surface area contributed by atoms with E-state index in [1.54, 1.807) is 19.3 Å². The van der Waals surface area contributed by atoms with Crippen molar-refractivity contribution in [1.29, 1.82) is 0 Å². The Morgan fingerprint density at radius 1 is 0.600 bits per heavy atom. The van der Waals surface area contributed by atoms with Gasteiger partial charge in [0.05, 0.1) is 0 Å². The highest BCUT2D eigenvalue weighted by Gasteiger charge is 2.70. The fraction of sp³-hybridized carbons (Fsp3) is 1.00. The summed E-state index contributed by atoms with van der Waals surface area (Å²) in [5.41, 5.74) is 2.96. The monoisotopic (exact) mass is 412 g/mol. The molecule has 0 heterocycles. The van der Waals surface area contributed by atoms with Gasteiger partial charge in [-0.2, -0.15) is 0 Å². The molecule has 9 atom stereocenters. The van der Waals surface area contributed by atoms with Crippen molar-refractivity contribution in [3.05, 3.63) is 0 Å². The predicted molar refractivity (Wildman–Crippen MR) is 129 cm³/mol. The summed E-state index contributed by atoms with van der Waals surface area (Å²) in [7, 11) is 0. The molecular weight excluding hydrogens is 360 g/mol. The van der Waals surface area contributed by atoms with Crippen LogP contribution in [0.15, 0.2) is 0 Å². The lowest BCUT2D eigenvalue weighted by Gasteiger charge is -2.73. The van der Waals surface area contributed by atoms with Gasteiger partial charge in [-0.15, -0.1) is 0 Å². The van der Waals surface area contributed by atoms with Gasteiger partial charge >= 0.3 is 0 Å². The molecule has 0 saturated heterocycles. The van der Waals surface area contributed by atoms with Crippen LogP contribution < -0.4 is 0 Å². The minimum atomic E-state index is 0.564. The van der Waals surface area contributed by atoms with Crippen molar-refractivity contribution < 1.29 is 0 Å². The van der Waals surface area contributed by atoms with Crippen LogP contribution in [0.5, 0.6) is 0 Å². The van der Waals surface area contributed by atoms with E-state index in [9.17, 15) is 0 Å². The van der Waals surface area contributed by atoms with E-state index >= 15 is 0 Å². The van der Waals surface area contributed by atoms with Crippen LogP contribution in [0.3, 0.4) is 0 Å². The summed E-state index contributed by atoms with van der Waals surface area (Å²) >= 11 is 0. The molecule has 5 fully saturated rings. The predicted octanol–water partition coefficient (Wildman–Crippen LogP) is 9.28. The lowest BCUT2D eigenvalue weighted by Crippen LogP contribution is -2.65. The van der Waals surface area contributed by atoms with Gasteiger partial charge in [-0.1, -0.05) is 67.7 Å². The van der Waals surface area contributed by atoms with E-state index in [0.717, 1.165) is 29.6 Å². The first-order valence-corrected chi connectivity index (χ1v) is 14.0. The highest BCUT2D eigenvalue weighted by Crippen LogP contribution is 2.77. The van der Waals surface area contributed by atoms with Crippen LogP contribution in [0.4, 0.5) is 0 Å². The van der Waals surface area contributed by atoms with Crippen molar-refractivity contribution in [3.8, 4) is 0 Å². The zero-order chi connectivity index (χ0) is 21.6. The lowest BCUT2D eigenvalue weighted by molar-refractivity contribution is -0.241. The first-order chi connectivity index (χ1) is 14.0. The van der Waals surface area contributed by atoms with Crippen molar-refractivity contribution in [2.24, 2.45) is 56.7 Å². The van der Waals surface area contributed by atoms with E-state index in [2.05, 4.69) is 48.5 Å². The minimum absolute atomic E-state index is 0.564. The molecule has 0 nitrogen and oxygen atoms in total. The van der Waals surface area contributed by atoms with Gasteiger partial charge in [0, 0.05) is 0 Å². The third kappa shape index (κ3) is 2.58. The Morgan fingerprint density at radius 2 is 1.23 bits per heavy atom. The smallest absolute Gasteiger partial charge is 0.0235 e. The van der Waals surface area contributed by atoms with Crippen LogP contribution in [-0.2, 0) is 0 Å². The number of hydrogen-bond donors (Lipinski definition) is 0. The molecule has 172 valence electrons. The molecular formula is C30H52. The van der Waals surface area contributed by atoms with E-state index in [-0.39, 0.29) is 0 Å². The molecule has 0 radical (unpaired) electrons. The van der Waals surface area contributed by atoms with Gasteiger partial charge in [0.25, 0.3) is 0 Å². The maximum absolute atomic E-state index is 2.82. The molecule has 5 aliphatic rings. The molecule has 0 bridgehead atoms. The molecule has 0 aromatic carbocycles. The van der Waals surface area contributed by atoms with Crippen molar-refractivity contribution in [2.75, 3.05) is 0 Å². The molecule has 5 saturated carbocycles. The Morgan fingerprint density at radius 3 is 1.90 bits per heavy atom. The highest BCUT2D eigenvalue weighted by molar-refractivity contribution is 5.18. The minimum Gasteiger partial charge on any atom is -0.0654 e. The lowest BCUT2D eigenvalue weighted by atomic mass is 9.32. The van der Waals surface area contributed by atoms with Gasteiger partial charge in [-0.3, -0.25) is 0 Å². The average molecular weight is 413 g/mol. The Bertz CT molecular complexity index is 676. The fourth-order valence-corrected chi connectivity index (χ4v) is 12.1. The van der Waals surface area contributed by atoms with Crippen LogP contribution in [0.25, 0.3) is 0 Å². The van der Waals surface area contributed by atoms with Gasteiger partial charge in [0.2, 0.25) is 0 Å². The van der Waals surface area contributed by atoms with E-state index in [4.69, 9.17) is 0 Å². The van der Waals surface area contributed by atoms with E-state index in [1.165, 1.54) is 64.2 Å². The molecule has 0 heteroatoms. The molecule has 0 aromatic rings. The molecule has 0 aromatic heterocycles. The topological polar surface area (TPSA) is 0 Å². The number of rotatable bonds is 2.